The largest absolute Gasteiger partial charge is 0.377 e. The first kappa shape index (κ1) is 19.7. The maximum atomic E-state index is 10.8. The van der Waals surface area contributed by atoms with E-state index in [-0.39, 0.29) is 5.69 Å². The molecule has 0 bridgehead atoms. The summed E-state index contributed by atoms with van der Waals surface area (Å²) in [5.41, 5.74) is 5.18. The summed E-state index contributed by atoms with van der Waals surface area (Å²) < 4.78 is 7.17. The Morgan fingerprint density at radius 3 is 2.39 bits per heavy atom. The van der Waals surface area contributed by atoms with Crippen molar-refractivity contribution in [3.8, 4) is 11.3 Å². The molecule has 0 aliphatic rings. The van der Waals surface area contributed by atoms with Crippen LogP contribution in [0.3, 0.4) is 0 Å². The molecule has 0 unspecified atom stereocenters. The van der Waals surface area contributed by atoms with Gasteiger partial charge < -0.3 is 10.1 Å². The molecule has 1 aromatic heterocycles. The van der Waals surface area contributed by atoms with Gasteiger partial charge in [-0.15, -0.1) is 0 Å². The van der Waals surface area contributed by atoms with E-state index >= 15 is 0 Å². The minimum atomic E-state index is -0.398. The molecule has 0 radical (unpaired) electrons. The van der Waals surface area contributed by atoms with Crippen LogP contribution >= 0.6 is 0 Å². The Kier molecular flexibility index (Phi) is 6.52. The van der Waals surface area contributed by atoms with Crippen LogP contribution in [0, 0.1) is 10.1 Å². The molecule has 1 N–H and O–H groups in total. The Morgan fingerprint density at radius 2 is 1.75 bits per heavy atom. The number of nitro benzene ring substituents is 1. The van der Waals surface area contributed by atoms with Gasteiger partial charge in [-0.05, 0) is 30.2 Å². The molecule has 0 saturated heterocycles. The molecule has 0 fully saturated rings. The molecule has 0 aliphatic heterocycles. The minimum Gasteiger partial charge on any atom is -0.377 e. The fourth-order valence-electron chi connectivity index (χ4n) is 2.97. The van der Waals surface area contributed by atoms with Gasteiger partial charge in [0, 0.05) is 56.2 Å². The van der Waals surface area contributed by atoms with Crippen LogP contribution in [-0.4, -0.2) is 21.3 Å². The lowest BCUT2D eigenvalue weighted by molar-refractivity contribution is -0.384. The Bertz CT molecular complexity index is 918. The van der Waals surface area contributed by atoms with Gasteiger partial charge in [-0.1, -0.05) is 24.3 Å². The van der Waals surface area contributed by atoms with Gasteiger partial charge in [0.15, 0.2) is 0 Å². The molecule has 1 heterocycles. The number of aryl methyl sites for hydroxylation is 1. The van der Waals surface area contributed by atoms with Crippen molar-refractivity contribution in [3.63, 3.8) is 0 Å². The van der Waals surface area contributed by atoms with Crippen molar-refractivity contribution in [2.45, 2.75) is 26.6 Å². The normalized spacial score (nSPS) is 10.9. The van der Waals surface area contributed by atoms with Crippen LogP contribution in [-0.2, 0) is 31.5 Å². The first-order chi connectivity index (χ1) is 13.6. The molecule has 28 heavy (non-hydrogen) atoms. The molecule has 3 rings (SSSR count). The molecule has 7 nitrogen and oxygen atoms in total. The molecule has 0 spiro atoms. The Morgan fingerprint density at radius 1 is 1.07 bits per heavy atom. The quantitative estimate of drug-likeness (QED) is 0.451. The fourth-order valence-corrected chi connectivity index (χ4v) is 2.97. The molecular weight excluding hydrogens is 356 g/mol. The fraction of sp³-hybridized carbons (Fsp3) is 0.286. The van der Waals surface area contributed by atoms with Crippen molar-refractivity contribution < 1.29 is 9.66 Å². The Labute approximate surface area is 164 Å². The highest BCUT2D eigenvalue weighted by molar-refractivity contribution is 5.64. The van der Waals surface area contributed by atoms with Gasteiger partial charge in [0.25, 0.3) is 5.69 Å². The summed E-state index contributed by atoms with van der Waals surface area (Å²) in [6, 6.07) is 14.8. The van der Waals surface area contributed by atoms with Gasteiger partial charge in [0.05, 0.1) is 17.2 Å². The van der Waals surface area contributed by atoms with Crippen molar-refractivity contribution in [1.82, 2.24) is 15.1 Å². The van der Waals surface area contributed by atoms with E-state index in [2.05, 4.69) is 34.7 Å². The first-order valence-corrected chi connectivity index (χ1v) is 9.20. The highest BCUT2D eigenvalue weighted by Gasteiger charge is 2.12. The lowest BCUT2D eigenvalue weighted by Gasteiger charge is -2.07. The van der Waals surface area contributed by atoms with E-state index in [4.69, 9.17) is 4.74 Å². The maximum absolute atomic E-state index is 10.8. The molecule has 7 heteroatoms. The summed E-state index contributed by atoms with van der Waals surface area (Å²) in [6.45, 7) is 4.73. The van der Waals surface area contributed by atoms with Crippen molar-refractivity contribution >= 4 is 5.69 Å². The van der Waals surface area contributed by atoms with Crippen LogP contribution in [0.1, 0.15) is 23.6 Å². The average Bonchev–Trinajstić information content (AvgIpc) is 3.08. The zero-order chi connectivity index (χ0) is 19.9. The predicted octanol–water partition coefficient (Wildman–Crippen LogP) is 3.82. The van der Waals surface area contributed by atoms with E-state index in [1.165, 1.54) is 23.3 Å². The zero-order valence-corrected chi connectivity index (χ0v) is 16.1. The SMILES string of the molecule is CCOCc1ccc(CNCc2cn(C)nc2-c2ccc([N+](=O)[O-])cc2)cc1. The van der Waals surface area contributed by atoms with E-state index < -0.39 is 4.92 Å². The van der Waals surface area contributed by atoms with Crippen molar-refractivity contribution in [2.24, 2.45) is 7.05 Å². The number of rotatable bonds is 9. The molecule has 0 aliphatic carbocycles. The summed E-state index contributed by atoms with van der Waals surface area (Å²) in [7, 11) is 1.87. The number of nitrogens with one attached hydrogen (secondary N) is 1. The smallest absolute Gasteiger partial charge is 0.269 e. The number of nitro groups is 1. The highest BCUT2D eigenvalue weighted by atomic mass is 16.6. The third-order valence-electron chi connectivity index (χ3n) is 4.40. The van der Waals surface area contributed by atoms with Crippen molar-refractivity contribution in [2.75, 3.05) is 6.61 Å². The van der Waals surface area contributed by atoms with E-state index in [1.54, 1.807) is 16.8 Å². The maximum Gasteiger partial charge on any atom is 0.269 e. The average molecular weight is 380 g/mol. The predicted molar refractivity (Wildman–Crippen MR) is 108 cm³/mol. The summed E-state index contributed by atoms with van der Waals surface area (Å²) in [5.74, 6) is 0. The van der Waals surface area contributed by atoms with Gasteiger partial charge >= 0.3 is 0 Å². The van der Waals surface area contributed by atoms with Crippen LogP contribution < -0.4 is 5.32 Å². The molecule has 2 aromatic carbocycles. The second-order valence-electron chi connectivity index (χ2n) is 6.54. The number of ether oxygens (including phenoxy) is 1. The summed E-state index contributed by atoms with van der Waals surface area (Å²) in [6.07, 6.45) is 1.97. The number of benzene rings is 2. The summed E-state index contributed by atoms with van der Waals surface area (Å²) in [4.78, 5) is 10.4. The van der Waals surface area contributed by atoms with Crippen LogP contribution in [0.2, 0.25) is 0 Å². The van der Waals surface area contributed by atoms with Gasteiger partial charge in [-0.2, -0.15) is 5.10 Å². The topological polar surface area (TPSA) is 82.2 Å². The third-order valence-corrected chi connectivity index (χ3v) is 4.40. The number of nitrogens with zero attached hydrogens (tertiary/aromatic N) is 3. The second-order valence-corrected chi connectivity index (χ2v) is 6.54. The van der Waals surface area contributed by atoms with E-state index in [0.717, 1.165) is 23.4 Å². The van der Waals surface area contributed by atoms with E-state index in [0.29, 0.717) is 19.8 Å². The minimum absolute atomic E-state index is 0.0761. The third kappa shape index (κ3) is 5.03. The summed E-state index contributed by atoms with van der Waals surface area (Å²) >= 11 is 0. The number of aromatic nitrogens is 2. The lowest BCUT2D eigenvalue weighted by Crippen LogP contribution is -2.13. The Balaban J connectivity index is 1.63. The monoisotopic (exact) mass is 380 g/mol. The standard InChI is InChI=1S/C21H24N4O3/c1-3-28-15-17-6-4-16(5-7-17)12-22-13-19-14-24(2)23-21(19)18-8-10-20(11-9-18)25(26)27/h4-11,14,22H,3,12-13,15H2,1-2H3. The van der Waals surface area contributed by atoms with Gasteiger partial charge in [-0.3, -0.25) is 14.8 Å². The molecule has 146 valence electrons. The number of non-ortho nitro benzene ring substituents is 1. The van der Waals surface area contributed by atoms with E-state index in [1.807, 2.05) is 20.2 Å². The van der Waals surface area contributed by atoms with Crippen LogP contribution in [0.5, 0.6) is 0 Å². The molecular formula is C21H24N4O3. The van der Waals surface area contributed by atoms with Gasteiger partial charge in [-0.25, -0.2) is 0 Å². The Hall–Kier alpha value is -3.03. The number of hydrogen-bond acceptors (Lipinski definition) is 5. The van der Waals surface area contributed by atoms with Gasteiger partial charge in [0.1, 0.15) is 0 Å². The van der Waals surface area contributed by atoms with Crippen molar-refractivity contribution in [3.05, 3.63) is 81.5 Å². The molecule has 0 amide bonds. The molecule has 3 aromatic rings. The molecule has 0 atom stereocenters. The number of hydrogen-bond donors (Lipinski definition) is 1. The van der Waals surface area contributed by atoms with Gasteiger partial charge in [0.2, 0.25) is 0 Å². The second kappa shape index (κ2) is 9.25. The lowest BCUT2D eigenvalue weighted by atomic mass is 10.1. The first-order valence-electron chi connectivity index (χ1n) is 9.20. The highest BCUT2D eigenvalue weighted by Crippen LogP contribution is 2.24. The summed E-state index contributed by atoms with van der Waals surface area (Å²) in [5, 5.41) is 18.8. The molecule has 0 saturated carbocycles. The van der Waals surface area contributed by atoms with Crippen LogP contribution in [0.4, 0.5) is 5.69 Å². The zero-order valence-electron chi connectivity index (χ0n) is 16.1. The van der Waals surface area contributed by atoms with Crippen LogP contribution in [0.25, 0.3) is 11.3 Å². The van der Waals surface area contributed by atoms with E-state index in [9.17, 15) is 10.1 Å². The van der Waals surface area contributed by atoms with Crippen LogP contribution in [0.15, 0.2) is 54.7 Å². The van der Waals surface area contributed by atoms with Crippen molar-refractivity contribution in [1.29, 1.82) is 0 Å².